The van der Waals surface area contributed by atoms with Crippen LogP contribution in [0.1, 0.15) is 57.6 Å². The number of amides is 2. The van der Waals surface area contributed by atoms with Gasteiger partial charge in [0.05, 0.1) is 23.2 Å². The van der Waals surface area contributed by atoms with Crippen LogP contribution in [0.2, 0.25) is 5.02 Å². The summed E-state index contributed by atoms with van der Waals surface area (Å²) in [5.74, 6) is -1.21. The molecular weight excluding hydrogens is 560 g/mol. The first kappa shape index (κ1) is 25.6. The first-order chi connectivity index (χ1) is 19.7. The molecule has 1 atom stereocenters. The van der Waals surface area contributed by atoms with Crippen molar-refractivity contribution in [2.24, 2.45) is 0 Å². The van der Waals surface area contributed by atoms with Crippen LogP contribution in [-0.4, -0.2) is 22.0 Å². The molecule has 0 saturated heterocycles. The van der Waals surface area contributed by atoms with Crippen LogP contribution in [0.3, 0.4) is 0 Å². The van der Waals surface area contributed by atoms with Gasteiger partial charge in [0.15, 0.2) is 11.0 Å². The zero-order valence-corrected chi connectivity index (χ0v) is 23.9. The Labute approximate surface area is 243 Å². The molecule has 2 aliphatic rings. The smallest absolute Gasteiger partial charge is 0.297 e. The lowest BCUT2D eigenvalue weighted by Gasteiger charge is -2.32. The molecule has 2 aromatic heterocycles. The molecule has 41 heavy (non-hydrogen) atoms. The van der Waals surface area contributed by atoms with E-state index in [9.17, 15) is 14.4 Å². The molecule has 0 N–H and O–H groups in total. The number of hydrogen-bond donors (Lipinski definition) is 0. The molecule has 4 heterocycles. The Balaban J connectivity index is 1.56. The summed E-state index contributed by atoms with van der Waals surface area (Å²) < 4.78 is 6.12. The fraction of sp³-hybridized carbons (Fsp3) is 0.194. The van der Waals surface area contributed by atoms with E-state index in [1.807, 2.05) is 57.2 Å². The number of carbonyl (C=O) groups is 2. The zero-order valence-electron chi connectivity index (χ0n) is 22.3. The molecule has 3 aromatic carbocycles. The number of hydrogen-bond acceptors (Lipinski definition) is 7. The maximum atomic E-state index is 15.0. The van der Waals surface area contributed by atoms with Gasteiger partial charge in [-0.2, -0.15) is 0 Å². The molecule has 204 valence electrons. The maximum Gasteiger partial charge on any atom is 0.297 e. The third-order valence-electron chi connectivity index (χ3n) is 7.79. The van der Waals surface area contributed by atoms with Gasteiger partial charge in [0.2, 0.25) is 10.9 Å². The Kier molecular flexibility index (Phi) is 5.68. The summed E-state index contributed by atoms with van der Waals surface area (Å²) in [5, 5.41) is 10.1. The van der Waals surface area contributed by atoms with Crippen LogP contribution in [0, 0.1) is 6.92 Å². The Bertz CT molecular complexity index is 1980. The molecule has 1 spiro atoms. The van der Waals surface area contributed by atoms with Crippen molar-refractivity contribution < 1.29 is 14.0 Å². The number of rotatable bonds is 4. The molecular formula is C31H23ClN4O4S. The summed E-state index contributed by atoms with van der Waals surface area (Å²) in [4.78, 5) is 46.6. The Hall–Kier alpha value is -4.34. The van der Waals surface area contributed by atoms with Gasteiger partial charge < -0.3 is 9.32 Å². The molecule has 0 fully saturated rings. The molecule has 2 amide bonds. The number of halogens is 1. The van der Waals surface area contributed by atoms with E-state index in [0.29, 0.717) is 21.3 Å². The highest BCUT2D eigenvalue weighted by molar-refractivity contribution is 7.15. The van der Waals surface area contributed by atoms with E-state index in [1.165, 1.54) is 22.3 Å². The molecule has 1 unspecified atom stereocenters. The quantitative estimate of drug-likeness (QED) is 0.251. The number of para-hydroxylation sites is 1. The van der Waals surface area contributed by atoms with E-state index in [0.717, 1.165) is 11.1 Å². The maximum absolute atomic E-state index is 15.0. The van der Waals surface area contributed by atoms with E-state index < -0.39 is 22.8 Å². The Morgan fingerprint density at radius 2 is 1.76 bits per heavy atom. The van der Waals surface area contributed by atoms with Gasteiger partial charge in [-0.05, 0) is 42.3 Å². The molecule has 5 aromatic rings. The third-order valence-corrected chi connectivity index (χ3v) is 9.24. The fourth-order valence-electron chi connectivity index (χ4n) is 5.80. The van der Waals surface area contributed by atoms with E-state index in [2.05, 4.69) is 10.2 Å². The minimum atomic E-state index is -1.84. The van der Waals surface area contributed by atoms with E-state index in [4.69, 9.17) is 16.0 Å². The summed E-state index contributed by atoms with van der Waals surface area (Å²) in [5.41, 5.74) is 0.905. The molecule has 0 saturated carbocycles. The number of anilines is 2. The predicted molar refractivity (Wildman–Crippen MR) is 158 cm³/mol. The Morgan fingerprint density at radius 3 is 2.51 bits per heavy atom. The minimum absolute atomic E-state index is 0.0386. The number of carbonyl (C=O) groups excluding carboxylic acids is 2. The summed E-state index contributed by atoms with van der Waals surface area (Å²) >= 11 is 7.48. The summed E-state index contributed by atoms with van der Waals surface area (Å²) in [6.07, 6.45) is 0. The summed E-state index contributed by atoms with van der Waals surface area (Å²) in [6.45, 7) is 6.18. The van der Waals surface area contributed by atoms with Gasteiger partial charge in [0.1, 0.15) is 10.6 Å². The average Bonchev–Trinajstić information content (AvgIpc) is 3.61. The molecule has 0 bridgehead atoms. The van der Waals surface area contributed by atoms with Gasteiger partial charge in [-0.1, -0.05) is 79.2 Å². The number of fused-ring (bicyclic) bond motifs is 5. The third kappa shape index (κ3) is 3.49. The van der Waals surface area contributed by atoms with Crippen LogP contribution < -0.4 is 15.2 Å². The molecule has 0 aliphatic carbocycles. The second-order valence-electron chi connectivity index (χ2n) is 10.5. The normalized spacial score (nSPS) is 17.8. The van der Waals surface area contributed by atoms with Crippen molar-refractivity contribution in [2.45, 2.75) is 38.8 Å². The van der Waals surface area contributed by atoms with Gasteiger partial charge >= 0.3 is 0 Å². The summed E-state index contributed by atoms with van der Waals surface area (Å²) in [6, 6.07) is 19.7. The second-order valence-corrected chi connectivity index (χ2v) is 12.0. The lowest BCUT2D eigenvalue weighted by Crippen LogP contribution is -2.53. The minimum Gasteiger partial charge on any atom is -0.450 e. The van der Waals surface area contributed by atoms with Crippen molar-refractivity contribution in [1.29, 1.82) is 0 Å². The Morgan fingerprint density at radius 1 is 1.00 bits per heavy atom. The number of nitrogens with zero attached hydrogens (tertiary/aromatic N) is 4. The topological polar surface area (TPSA) is 96.6 Å². The van der Waals surface area contributed by atoms with Crippen molar-refractivity contribution in [2.75, 3.05) is 9.80 Å². The van der Waals surface area contributed by atoms with Gasteiger partial charge in [0.25, 0.3) is 11.8 Å². The number of aromatic nitrogens is 2. The summed E-state index contributed by atoms with van der Waals surface area (Å²) in [7, 11) is 0. The largest absolute Gasteiger partial charge is 0.450 e. The van der Waals surface area contributed by atoms with E-state index >= 15 is 0 Å². The molecule has 7 rings (SSSR count). The van der Waals surface area contributed by atoms with Gasteiger partial charge in [0, 0.05) is 16.5 Å². The lowest BCUT2D eigenvalue weighted by molar-refractivity contribution is -0.121. The first-order valence-corrected chi connectivity index (χ1v) is 14.3. The lowest BCUT2D eigenvalue weighted by atomic mass is 9.84. The standard InChI is InChI=1S/C31H23ClN4O4S/c1-16(2)27-33-34-30(41-27)36-28(38)26-24(25(37)20-14-19(32)12-13-23(20)40-26)31(36)21-10-6-7-11-22(21)35(29(31)39)15-18-9-5-4-8-17(18)3/h4-14,16H,15H2,1-3H3. The van der Waals surface area contributed by atoms with Gasteiger partial charge in [-0.25, -0.2) is 0 Å². The molecule has 8 nitrogen and oxygen atoms in total. The number of aryl methyl sites for hydroxylation is 1. The van der Waals surface area contributed by atoms with Crippen LogP contribution in [0.4, 0.5) is 10.8 Å². The van der Waals surface area contributed by atoms with E-state index in [1.54, 1.807) is 29.2 Å². The van der Waals surface area contributed by atoms with Crippen molar-refractivity contribution in [3.63, 3.8) is 0 Å². The SMILES string of the molecule is Cc1ccccc1CN1C(=O)C2(c3ccccc31)c1c(oc3ccc(Cl)cc3c1=O)C(=O)N2c1nnc(C(C)C)s1. The van der Waals surface area contributed by atoms with Crippen molar-refractivity contribution in [3.8, 4) is 0 Å². The predicted octanol–water partition coefficient (Wildman–Crippen LogP) is 6.18. The molecule has 0 radical (unpaired) electrons. The van der Waals surface area contributed by atoms with Crippen molar-refractivity contribution >= 4 is 56.5 Å². The van der Waals surface area contributed by atoms with Crippen LogP contribution in [0.25, 0.3) is 11.0 Å². The molecule has 10 heteroatoms. The van der Waals surface area contributed by atoms with Crippen LogP contribution in [0.15, 0.2) is 75.9 Å². The molecule has 2 aliphatic heterocycles. The van der Waals surface area contributed by atoms with Crippen molar-refractivity contribution in [1.82, 2.24) is 10.2 Å². The van der Waals surface area contributed by atoms with Crippen LogP contribution in [-0.2, 0) is 16.9 Å². The van der Waals surface area contributed by atoms with Crippen LogP contribution in [0.5, 0.6) is 0 Å². The van der Waals surface area contributed by atoms with Crippen LogP contribution >= 0.6 is 22.9 Å². The fourth-order valence-corrected chi connectivity index (χ4v) is 6.87. The number of benzene rings is 3. The average molecular weight is 583 g/mol. The first-order valence-electron chi connectivity index (χ1n) is 13.1. The van der Waals surface area contributed by atoms with Gasteiger partial charge in [-0.3, -0.25) is 19.3 Å². The highest BCUT2D eigenvalue weighted by atomic mass is 35.5. The highest BCUT2D eigenvalue weighted by Crippen LogP contribution is 2.54. The second kappa shape index (κ2) is 9.09. The highest BCUT2D eigenvalue weighted by Gasteiger charge is 2.66. The van der Waals surface area contributed by atoms with E-state index in [-0.39, 0.29) is 39.9 Å². The van der Waals surface area contributed by atoms with Crippen molar-refractivity contribution in [3.05, 3.63) is 115 Å². The monoisotopic (exact) mass is 582 g/mol. The zero-order chi connectivity index (χ0) is 28.6. The van der Waals surface area contributed by atoms with Gasteiger partial charge in [-0.15, -0.1) is 10.2 Å².